The summed E-state index contributed by atoms with van der Waals surface area (Å²) in [6.07, 6.45) is 31.2. The van der Waals surface area contributed by atoms with E-state index in [0.29, 0.717) is 33.5 Å². The molecule has 0 amide bonds. The number of nitrogens with one attached hydrogen (secondary N) is 2. The number of aromatic nitrogens is 2. The van der Waals surface area contributed by atoms with Gasteiger partial charge in [-0.1, -0.05) is 130 Å². The van der Waals surface area contributed by atoms with Crippen molar-refractivity contribution in [3.63, 3.8) is 0 Å². The lowest BCUT2D eigenvalue weighted by Gasteiger charge is -2.61. The van der Waals surface area contributed by atoms with Crippen LogP contribution in [0.5, 0.6) is 0 Å². The third-order valence-corrected chi connectivity index (χ3v) is 27.2. The Labute approximate surface area is 429 Å². The first-order chi connectivity index (χ1) is 31.6. The third-order valence-electron chi connectivity index (χ3n) is 22.9. The molecule has 0 aliphatic heterocycles. The molecule has 8 aliphatic rings. The van der Waals surface area contributed by atoms with Crippen LogP contribution in [0.1, 0.15) is 207 Å². The molecule has 8 fully saturated rings. The van der Waals surface area contributed by atoms with Crippen LogP contribution >= 0.6 is 70.5 Å². The van der Waals surface area contributed by atoms with E-state index in [0.717, 1.165) is 81.3 Å². The van der Waals surface area contributed by atoms with Gasteiger partial charge in [0.25, 0.3) is 0 Å². The second-order valence-electron chi connectivity index (χ2n) is 25.5. The van der Waals surface area contributed by atoms with Gasteiger partial charge in [0.05, 0.1) is 9.79 Å². The molecule has 8 heteroatoms. The van der Waals surface area contributed by atoms with Crippen molar-refractivity contribution in [2.75, 3.05) is 0 Å². The fraction of sp³-hybridized carbons (Fsp3) is 0.793. The molecule has 2 aromatic heterocycles. The average Bonchev–Trinajstić information content (AvgIpc) is 3.83. The molecule has 0 bridgehead atoms. The van der Waals surface area contributed by atoms with E-state index in [9.17, 15) is 0 Å². The Morgan fingerprint density at radius 1 is 0.545 bits per heavy atom. The second-order valence-corrected chi connectivity index (χ2v) is 29.5. The molecule has 362 valence electrons. The molecule has 10 rings (SSSR count). The normalized spacial score (nSPS) is 43.8. The summed E-state index contributed by atoms with van der Waals surface area (Å²) in [6.45, 7) is 20.7. The van der Waals surface area contributed by atoms with Crippen LogP contribution in [0, 0.1) is 102 Å². The van der Waals surface area contributed by atoms with Crippen molar-refractivity contribution in [2.24, 2.45) is 92.7 Å². The minimum Gasteiger partial charge on any atom is -0.352 e. The maximum Gasteiger partial charge on any atom is 0.118 e. The SMILES string of the molecule is CCC[C@@H](C)[C@H]1CCC2C3CCC4CC(c5cc[nH]c(=S)c5SSc5c(C6CC7CCC8C(CC[C@@]9(C)C8CC[C@@H]9[C@H](C)CCC)[C@@]7(C)CC6=S)cc[nH]c5=S)C(=S)C[C@]4(C)C3CC[C@@]21C. The van der Waals surface area contributed by atoms with Crippen LogP contribution in [-0.2, 0) is 0 Å². The average molecular weight is 1000 g/mol. The van der Waals surface area contributed by atoms with E-state index in [-0.39, 0.29) is 11.8 Å². The molecule has 10 unspecified atom stereocenters. The predicted molar refractivity (Wildman–Crippen MR) is 295 cm³/mol. The van der Waals surface area contributed by atoms with Crippen LogP contribution in [0.15, 0.2) is 34.3 Å². The molecule has 8 saturated carbocycles. The smallest absolute Gasteiger partial charge is 0.118 e. The topological polar surface area (TPSA) is 31.6 Å². The van der Waals surface area contributed by atoms with Crippen LogP contribution in [0.2, 0.25) is 0 Å². The second kappa shape index (κ2) is 18.9. The first-order valence-electron chi connectivity index (χ1n) is 27.4. The van der Waals surface area contributed by atoms with Crippen molar-refractivity contribution < 1.29 is 0 Å². The number of fused-ring (bicyclic) bond motifs is 10. The molecule has 2 aromatic rings. The molecule has 2 N–H and O–H groups in total. The lowest BCUT2D eigenvalue weighted by Crippen LogP contribution is -2.54. The van der Waals surface area contributed by atoms with E-state index >= 15 is 0 Å². The van der Waals surface area contributed by atoms with E-state index in [4.69, 9.17) is 48.9 Å². The van der Waals surface area contributed by atoms with Crippen molar-refractivity contribution in [3.8, 4) is 0 Å². The van der Waals surface area contributed by atoms with Gasteiger partial charge in [-0.2, -0.15) is 0 Å². The highest BCUT2D eigenvalue weighted by Crippen LogP contribution is 2.71. The summed E-state index contributed by atoms with van der Waals surface area (Å²) in [5, 5.41) is 0. The van der Waals surface area contributed by atoms with Gasteiger partial charge in [-0.15, -0.1) is 0 Å². The van der Waals surface area contributed by atoms with Gasteiger partial charge in [-0.25, -0.2) is 0 Å². The Bertz CT molecular complexity index is 2120. The molecule has 2 nitrogen and oxygen atoms in total. The number of pyridine rings is 2. The maximum absolute atomic E-state index is 6.61. The Morgan fingerprint density at radius 2 is 0.939 bits per heavy atom. The van der Waals surface area contributed by atoms with Crippen molar-refractivity contribution in [1.29, 1.82) is 0 Å². The Kier molecular flexibility index (Phi) is 14.1. The summed E-state index contributed by atoms with van der Waals surface area (Å²) < 4.78 is 1.66. The fourth-order valence-corrected chi connectivity index (χ4v) is 24.5. The largest absolute Gasteiger partial charge is 0.352 e. The van der Waals surface area contributed by atoms with E-state index in [1.807, 2.05) is 21.6 Å². The minimum atomic E-state index is 0.268. The van der Waals surface area contributed by atoms with Gasteiger partial charge in [0.1, 0.15) is 9.28 Å². The van der Waals surface area contributed by atoms with Gasteiger partial charge in [-0.3, -0.25) is 0 Å². The van der Waals surface area contributed by atoms with Gasteiger partial charge in [-0.05, 0) is 240 Å². The Morgan fingerprint density at radius 3 is 1.33 bits per heavy atom. The Hall–Kier alpha value is -0.380. The summed E-state index contributed by atoms with van der Waals surface area (Å²) in [4.78, 5) is 11.8. The van der Waals surface area contributed by atoms with Crippen LogP contribution in [-0.4, -0.2) is 19.7 Å². The molecule has 0 spiro atoms. The molecule has 0 aromatic carbocycles. The van der Waals surface area contributed by atoms with E-state index in [1.54, 1.807) is 0 Å². The van der Waals surface area contributed by atoms with E-state index in [2.05, 4.69) is 89.9 Å². The van der Waals surface area contributed by atoms with Gasteiger partial charge < -0.3 is 9.97 Å². The maximum atomic E-state index is 6.61. The van der Waals surface area contributed by atoms with E-state index in [1.165, 1.54) is 146 Å². The quantitative estimate of drug-likeness (QED) is 0.172. The van der Waals surface area contributed by atoms with Crippen LogP contribution < -0.4 is 0 Å². The highest BCUT2D eigenvalue weighted by molar-refractivity contribution is 8.76. The van der Waals surface area contributed by atoms with Gasteiger partial charge >= 0.3 is 0 Å². The summed E-state index contributed by atoms with van der Waals surface area (Å²) in [5.41, 5.74) is 4.39. The number of thiocarbonyl (C=S) groups is 2. The molecule has 0 saturated heterocycles. The van der Waals surface area contributed by atoms with Crippen molar-refractivity contribution in [2.45, 2.75) is 205 Å². The number of H-pyrrole nitrogens is 2. The zero-order valence-corrected chi connectivity index (χ0v) is 46.9. The van der Waals surface area contributed by atoms with Crippen LogP contribution in [0.4, 0.5) is 0 Å². The third kappa shape index (κ3) is 8.00. The predicted octanol–water partition coefficient (Wildman–Crippen LogP) is 18.9. The highest BCUT2D eigenvalue weighted by atomic mass is 33.1. The number of rotatable bonds is 11. The van der Waals surface area contributed by atoms with Crippen LogP contribution in [0.25, 0.3) is 0 Å². The number of hydrogen-bond donors (Lipinski definition) is 2. The standard InChI is InChI=1S/C58H84N2S6/c1-9-11-33(3)43-17-19-45-39-15-13-35-29-41(49(61)31-57(35,7)47(39)21-25-55(43,45)5)37-23-27-59-53(63)51(37)65-66-52-38(24-28-60-54(52)64)42-30-36-14-16-40-46-20-18-44(34(4)12-10-2)56(46,6)26-22-48(40)58(36,8)32-50(42)62/h23-24,27-28,33-36,39-48H,9-22,25-26,29-32H2,1-8H3,(H,59,63)(H,60,64)/t33-,34-,35?,36?,39?,40?,41?,42?,43-,44-,45?,46?,47?,48?,55-,56-,57+,58+/m1/s1. The molecule has 2 heterocycles. The summed E-state index contributed by atoms with van der Waals surface area (Å²) >= 11 is 25.6. The molecule has 8 aliphatic carbocycles. The van der Waals surface area contributed by atoms with E-state index < -0.39 is 0 Å². The lowest BCUT2D eigenvalue weighted by atomic mass is 9.43. The molecule has 0 radical (unpaired) electrons. The zero-order chi connectivity index (χ0) is 46.5. The highest BCUT2D eigenvalue weighted by Gasteiger charge is 2.63. The van der Waals surface area contributed by atoms with Crippen molar-refractivity contribution in [1.82, 2.24) is 9.97 Å². The molecular weight excluding hydrogens is 917 g/mol. The van der Waals surface area contributed by atoms with Crippen LogP contribution in [0.3, 0.4) is 0 Å². The number of aromatic amines is 2. The first kappa shape index (κ1) is 49.2. The van der Waals surface area contributed by atoms with Crippen molar-refractivity contribution >= 4 is 80.2 Å². The van der Waals surface area contributed by atoms with Gasteiger partial charge in [0.15, 0.2) is 0 Å². The first-order valence-corrected chi connectivity index (χ1v) is 31.2. The zero-order valence-electron chi connectivity index (χ0n) is 42.0. The van der Waals surface area contributed by atoms with Gasteiger partial charge in [0.2, 0.25) is 0 Å². The van der Waals surface area contributed by atoms with Crippen molar-refractivity contribution in [3.05, 3.63) is 44.9 Å². The van der Waals surface area contributed by atoms with Gasteiger partial charge in [0, 0.05) is 34.0 Å². The summed E-state index contributed by atoms with van der Waals surface area (Å²) in [7, 11) is 3.64. The Balaban J connectivity index is 0.843. The molecule has 66 heavy (non-hydrogen) atoms. The fourth-order valence-electron chi connectivity index (χ4n) is 19.9. The number of hydrogen-bond acceptors (Lipinski definition) is 6. The summed E-state index contributed by atoms with van der Waals surface area (Å²) in [6, 6.07) is 4.63. The lowest BCUT2D eigenvalue weighted by molar-refractivity contribution is -0.103. The molecule has 18 atom stereocenters. The molecular formula is C58H84N2S6. The monoisotopic (exact) mass is 1000 g/mol. The summed E-state index contributed by atoms with van der Waals surface area (Å²) in [5.74, 6) is 10.7. The minimum absolute atomic E-state index is 0.268.